The molecule has 1 amide bonds. The van der Waals surface area contributed by atoms with Gasteiger partial charge in [0.25, 0.3) is 0 Å². The van der Waals surface area contributed by atoms with E-state index in [1.807, 2.05) is 6.92 Å². The largest absolute Gasteiger partial charge is 0.344 e. The van der Waals surface area contributed by atoms with Crippen molar-refractivity contribution >= 4 is 15.9 Å². The Bertz CT molecular complexity index is 568. The first kappa shape index (κ1) is 17.6. The highest BCUT2D eigenvalue weighted by atomic mass is 32.2. The summed E-state index contributed by atoms with van der Waals surface area (Å²) in [5.41, 5.74) is 6.55. The summed E-state index contributed by atoms with van der Waals surface area (Å²) in [6.45, 7) is 4.11. The summed E-state index contributed by atoms with van der Waals surface area (Å²) >= 11 is 0. The minimum atomic E-state index is -3.53. The second-order valence-electron chi connectivity index (χ2n) is 5.21. The van der Waals surface area contributed by atoms with Crippen LogP contribution in [-0.4, -0.2) is 45.4 Å². The van der Waals surface area contributed by atoms with Crippen molar-refractivity contribution in [3.63, 3.8) is 0 Å². The Kier molecular flexibility index (Phi) is 6.32. The molecule has 1 atom stereocenters. The van der Waals surface area contributed by atoms with Gasteiger partial charge in [-0.3, -0.25) is 4.79 Å². The van der Waals surface area contributed by atoms with Gasteiger partial charge in [-0.15, -0.1) is 0 Å². The number of amides is 1. The summed E-state index contributed by atoms with van der Waals surface area (Å²) in [4.78, 5) is 13.4. The molecule has 3 N–H and O–H groups in total. The second kappa shape index (κ2) is 7.53. The highest BCUT2D eigenvalue weighted by Gasteiger charge is 2.15. The molecule has 6 nitrogen and oxygen atoms in total. The predicted octanol–water partition coefficient (Wildman–Crippen LogP) is 0.469. The zero-order valence-electron chi connectivity index (χ0n) is 12.7. The van der Waals surface area contributed by atoms with E-state index in [0.29, 0.717) is 6.54 Å². The van der Waals surface area contributed by atoms with Crippen LogP contribution < -0.4 is 10.5 Å². The molecule has 21 heavy (non-hydrogen) atoms. The number of carbonyl (C=O) groups excluding carboxylic acids is 1. The lowest BCUT2D eigenvalue weighted by Gasteiger charge is -2.18. The average molecular weight is 313 g/mol. The van der Waals surface area contributed by atoms with Crippen molar-refractivity contribution in [2.24, 2.45) is 5.73 Å². The van der Waals surface area contributed by atoms with Gasteiger partial charge in [-0.25, -0.2) is 13.1 Å². The fraction of sp³-hybridized carbons (Fsp3) is 0.500. The summed E-state index contributed by atoms with van der Waals surface area (Å²) in [5, 5.41) is 0. The van der Waals surface area contributed by atoms with Gasteiger partial charge in [0.1, 0.15) is 0 Å². The summed E-state index contributed by atoms with van der Waals surface area (Å²) in [7, 11) is -1.90. The maximum atomic E-state index is 12.0. The number of hydrogen-bond acceptors (Lipinski definition) is 4. The Balaban J connectivity index is 2.51. The highest BCUT2D eigenvalue weighted by Crippen LogP contribution is 2.09. The van der Waals surface area contributed by atoms with Crippen LogP contribution in [0.3, 0.4) is 0 Å². The number of hydrogen-bond donors (Lipinski definition) is 2. The van der Waals surface area contributed by atoms with Crippen LogP contribution in [-0.2, 0) is 14.8 Å². The van der Waals surface area contributed by atoms with Gasteiger partial charge in [-0.1, -0.05) is 17.7 Å². The minimum Gasteiger partial charge on any atom is -0.344 e. The number of carbonyl (C=O) groups is 1. The van der Waals surface area contributed by atoms with Gasteiger partial charge in [0.15, 0.2) is 0 Å². The Morgan fingerprint density at radius 2 is 1.90 bits per heavy atom. The lowest BCUT2D eigenvalue weighted by molar-refractivity contribution is -0.130. The van der Waals surface area contributed by atoms with Gasteiger partial charge in [0.05, 0.1) is 4.90 Å². The van der Waals surface area contributed by atoms with Crippen molar-refractivity contribution in [3.05, 3.63) is 29.8 Å². The molecule has 0 radical (unpaired) electrons. The SMILES string of the molecule is Cc1ccc(S(=O)(=O)NCCN(C)C(=O)CC(C)N)cc1. The summed E-state index contributed by atoms with van der Waals surface area (Å²) in [6.07, 6.45) is 0.251. The third-order valence-electron chi connectivity index (χ3n) is 2.99. The van der Waals surface area contributed by atoms with Crippen LogP contribution >= 0.6 is 0 Å². The third-order valence-corrected chi connectivity index (χ3v) is 4.47. The maximum Gasteiger partial charge on any atom is 0.240 e. The Morgan fingerprint density at radius 1 is 1.33 bits per heavy atom. The quantitative estimate of drug-likeness (QED) is 0.765. The zero-order chi connectivity index (χ0) is 16.0. The molecule has 0 bridgehead atoms. The summed E-state index contributed by atoms with van der Waals surface area (Å²) in [6, 6.07) is 6.40. The lowest BCUT2D eigenvalue weighted by Crippen LogP contribution is -2.38. The summed E-state index contributed by atoms with van der Waals surface area (Å²) < 4.78 is 26.6. The van der Waals surface area contributed by atoms with Crippen molar-refractivity contribution in [2.75, 3.05) is 20.1 Å². The topological polar surface area (TPSA) is 92.5 Å². The molecule has 1 aromatic carbocycles. The fourth-order valence-corrected chi connectivity index (χ4v) is 2.73. The van der Waals surface area contributed by atoms with E-state index in [-0.39, 0.29) is 29.8 Å². The zero-order valence-corrected chi connectivity index (χ0v) is 13.5. The first-order valence-corrected chi connectivity index (χ1v) is 8.26. The van der Waals surface area contributed by atoms with Crippen LogP contribution in [0.15, 0.2) is 29.2 Å². The minimum absolute atomic E-state index is 0.0977. The van der Waals surface area contributed by atoms with E-state index in [2.05, 4.69) is 4.72 Å². The molecular weight excluding hydrogens is 290 g/mol. The van der Waals surface area contributed by atoms with Crippen molar-refractivity contribution < 1.29 is 13.2 Å². The summed E-state index contributed by atoms with van der Waals surface area (Å²) in [5.74, 6) is -0.0977. The number of sulfonamides is 1. The van der Waals surface area contributed by atoms with Gasteiger partial charge in [-0.05, 0) is 26.0 Å². The van der Waals surface area contributed by atoms with Gasteiger partial charge in [0.2, 0.25) is 15.9 Å². The second-order valence-corrected chi connectivity index (χ2v) is 6.97. The molecule has 0 saturated carbocycles. The van der Waals surface area contributed by atoms with Crippen LogP contribution in [0.4, 0.5) is 0 Å². The molecular formula is C14H23N3O3S. The standard InChI is InChI=1S/C14H23N3O3S/c1-11-4-6-13(7-5-11)21(19,20)16-8-9-17(3)14(18)10-12(2)15/h4-7,12,16H,8-10,15H2,1-3H3. The number of aryl methyl sites for hydroxylation is 1. The molecule has 0 fully saturated rings. The normalized spacial score (nSPS) is 13.0. The fourth-order valence-electron chi connectivity index (χ4n) is 1.70. The van der Waals surface area contributed by atoms with E-state index in [0.717, 1.165) is 5.56 Å². The van der Waals surface area contributed by atoms with Gasteiger partial charge >= 0.3 is 0 Å². The van der Waals surface area contributed by atoms with Crippen molar-refractivity contribution in [2.45, 2.75) is 31.2 Å². The number of nitrogens with two attached hydrogens (primary N) is 1. The molecule has 0 aromatic heterocycles. The first-order chi connectivity index (χ1) is 9.72. The molecule has 0 spiro atoms. The van der Waals surface area contributed by atoms with Crippen LogP contribution in [0.5, 0.6) is 0 Å². The number of benzene rings is 1. The van der Waals surface area contributed by atoms with Crippen LogP contribution in [0.25, 0.3) is 0 Å². The van der Waals surface area contributed by atoms with Crippen LogP contribution in [0, 0.1) is 6.92 Å². The Labute approximate surface area is 126 Å². The highest BCUT2D eigenvalue weighted by molar-refractivity contribution is 7.89. The molecule has 1 rings (SSSR count). The lowest BCUT2D eigenvalue weighted by atomic mass is 10.2. The van der Waals surface area contributed by atoms with Crippen molar-refractivity contribution in [1.82, 2.24) is 9.62 Å². The van der Waals surface area contributed by atoms with E-state index in [4.69, 9.17) is 5.73 Å². The smallest absolute Gasteiger partial charge is 0.240 e. The van der Waals surface area contributed by atoms with Gasteiger partial charge in [-0.2, -0.15) is 0 Å². The molecule has 1 aromatic rings. The predicted molar refractivity (Wildman–Crippen MR) is 82.3 cm³/mol. The van der Waals surface area contributed by atoms with E-state index >= 15 is 0 Å². The molecule has 118 valence electrons. The molecule has 7 heteroatoms. The monoisotopic (exact) mass is 313 g/mol. The number of likely N-dealkylation sites (N-methyl/N-ethyl adjacent to an activating group) is 1. The molecule has 0 saturated heterocycles. The van der Waals surface area contributed by atoms with Gasteiger partial charge in [0, 0.05) is 32.6 Å². The van der Waals surface area contributed by atoms with Crippen molar-refractivity contribution in [1.29, 1.82) is 0 Å². The van der Waals surface area contributed by atoms with E-state index < -0.39 is 10.0 Å². The number of nitrogens with one attached hydrogen (secondary N) is 1. The molecule has 1 unspecified atom stereocenters. The molecule has 0 heterocycles. The maximum absolute atomic E-state index is 12.0. The van der Waals surface area contributed by atoms with Crippen molar-refractivity contribution in [3.8, 4) is 0 Å². The van der Waals surface area contributed by atoms with E-state index in [1.165, 1.54) is 4.90 Å². The van der Waals surface area contributed by atoms with E-state index in [9.17, 15) is 13.2 Å². The molecule has 0 aliphatic heterocycles. The molecule has 0 aliphatic rings. The Hall–Kier alpha value is -1.44. The first-order valence-electron chi connectivity index (χ1n) is 6.78. The molecule has 0 aliphatic carbocycles. The van der Waals surface area contributed by atoms with Crippen LogP contribution in [0.2, 0.25) is 0 Å². The Morgan fingerprint density at radius 3 is 2.43 bits per heavy atom. The number of rotatable bonds is 7. The average Bonchev–Trinajstić information content (AvgIpc) is 2.38. The van der Waals surface area contributed by atoms with Gasteiger partial charge < -0.3 is 10.6 Å². The third kappa shape index (κ3) is 5.82. The number of nitrogens with zero attached hydrogens (tertiary/aromatic N) is 1. The van der Waals surface area contributed by atoms with Crippen LogP contribution in [0.1, 0.15) is 18.9 Å². The van der Waals surface area contributed by atoms with E-state index in [1.54, 1.807) is 38.2 Å².